The number of carboxylic acids is 1. The number of hydrogen-bond donors (Lipinski definition) is 2. The molecule has 2 aromatic carbocycles. The van der Waals surface area contributed by atoms with Gasteiger partial charge >= 0.3 is 24.8 Å². The second-order valence-electron chi connectivity index (χ2n) is 7.60. The number of aromatic nitrogens is 4. The largest absolute Gasteiger partial charge is 1.00 e. The van der Waals surface area contributed by atoms with Gasteiger partial charge in [-0.1, -0.05) is 30.3 Å². The van der Waals surface area contributed by atoms with Gasteiger partial charge in [0.25, 0.3) is 5.56 Å². The maximum absolute atomic E-state index is 12.3. The summed E-state index contributed by atoms with van der Waals surface area (Å²) in [6.45, 7) is 2.76. The predicted octanol–water partition coefficient (Wildman–Crippen LogP) is 0.103. The van der Waals surface area contributed by atoms with Gasteiger partial charge in [-0.05, 0) is 48.7 Å². The van der Waals surface area contributed by atoms with Crippen LogP contribution >= 0.6 is 0 Å². The fourth-order valence-corrected chi connectivity index (χ4v) is 3.56. The smallest absolute Gasteiger partial charge is 1.00 e. The zero-order chi connectivity index (χ0) is 22.7. The first-order valence-corrected chi connectivity index (χ1v) is 10.2. The second kappa shape index (κ2) is 10.3. The molecule has 0 spiro atoms. The van der Waals surface area contributed by atoms with Crippen molar-refractivity contribution in [2.45, 2.75) is 26.4 Å². The summed E-state index contributed by atoms with van der Waals surface area (Å²) >= 11 is 0. The van der Waals surface area contributed by atoms with Crippen LogP contribution < -0.4 is 30.2 Å². The van der Waals surface area contributed by atoms with Crippen LogP contribution in [0.2, 0.25) is 0 Å². The molecule has 0 aliphatic rings. The number of nitrogens with zero attached hydrogens (tertiary/aromatic N) is 4. The van der Waals surface area contributed by atoms with Gasteiger partial charge in [-0.2, -0.15) is 10.2 Å². The Kier molecular flexibility index (Phi) is 7.54. The number of carbonyl (C=O) groups is 1. The fourth-order valence-electron chi connectivity index (χ4n) is 3.56. The quantitative estimate of drug-likeness (QED) is 0.397. The average molecular weight is 437 g/mol. The second-order valence-corrected chi connectivity index (χ2v) is 7.60. The molecule has 0 bridgehead atoms. The number of nitrogens with two attached hydrogens (primary N) is 1. The molecule has 0 aliphatic carbocycles. The van der Waals surface area contributed by atoms with Crippen LogP contribution in [0.5, 0.6) is 0 Å². The molecule has 2 heterocycles. The molecular formula is C24H24LiN5O3. The Labute approximate surface area is 204 Å². The third kappa shape index (κ3) is 5.80. The molecule has 0 amide bonds. The van der Waals surface area contributed by atoms with Crippen LogP contribution in [0.25, 0.3) is 11.3 Å². The Morgan fingerprint density at radius 3 is 2.48 bits per heavy atom. The number of aryl methyl sites for hydroxylation is 3. The summed E-state index contributed by atoms with van der Waals surface area (Å²) < 4.78 is 3.13. The van der Waals surface area contributed by atoms with Crippen molar-refractivity contribution in [3.63, 3.8) is 0 Å². The first-order chi connectivity index (χ1) is 15.4. The van der Waals surface area contributed by atoms with Gasteiger partial charge in [0, 0.05) is 24.2 Å². The molecule has 33 heavy (non-hydrogen) atoms. The van der Waals surface area contributed by atoms with E-state index in [0.717, 1.165) is 23.2 Å². The molecule has 9 heteroatoms. The van der Waals surface area contributed by atoms with E-state index in [0.29, 0.717) is 23.6 Å². The van der Waals surface area contributed by atoms with E-state index in [2.05, 4.69) is 10.2 Å². The molecule has 0 fully saturated rings. The van der Waals surface area contributed by atoms with Gasteiger partial charge in [-0.3, -0.25) is 4.79 Å². The Hall–Kier alpha value is -3.60. The van der Waals surface area contributed by atoms with Crippen molar-refractivity contribution >= 4 is 11.8 Å². The van der Waals surface area contributed by atoms with Gasteiger partial charge in [0.05, 0.1) is 23.5 Å². The zero-order valence-electron chi connectivity index (χ0n) is 19.6. The minimum atomic E-state index is -1.01. The van der Waals surface area contributed by atoms with E-state index in [1.54, 1.807) is 28.9 Å². The van der Waals surface area contributed by atoms with Gasteiger partial charge in [0.2, 0.25) is 0 Å². The number of benzene rings is 2. The molecule has 4 rings (SSSR count). The molecule has 164 valence electrons. The van der Waals surface area contributed by atoms with E-state index in [1.807, 2.05) is 37.3 Å². The maximum atomic E-state index is 12.3. The van der Waals surface area contributed by atoms with E-state index in [4.69, 9.17) is 5.73 Å². The van der Waals surface area contributed by atoms with E-state index in [9.17, 15) is 14.7 Å². The Bertz CT molecular complexity index is 1350. The van der Waals surface area contributed by atoms with Gasteiger partial charge in [-0.25, -0.2) is 14.2 Å². The molecule has 0 radical (unpaired) electrons. The molecule has 2 aromatic heterocycles. The molecule has 4 aromatic rings. The molecule has 0 atom stereocenters. The standard InChI is InChI=1S/C24H23N5O3.Li.H/c1-16-12-22(25)28(26-16)11-10-17-4-2-6-19(13-17)21-8-9-23(30)29(27-21)15-18-5-3-7-20(14-18)24(31)32;;/h2-9,12-14H,10-11,15,25H2,1H3,(H,31,32);;/q;+1;-1. The number of nitrogen functional groups attached to an aromatic ring is 1. The van der Waals surface area contributed by atoms with E-state index in [1.165, 1.54) is 16.8 Å². The minimum absolute atomic E-state index is 0. The number of carboxylic acid groups (broad SMARTS) is 1. The Morgan fingerprint density at radius 2 is 1.76 bits per heavy atom. The first-order valence-electron chi connectivity index (χ1n) is 10.2. The SMILES string of the molecule is Cc1cc(N)n(CCc2cccc(-c3ccc(=O)n(Cc4cccc(C(=O)O)c4)n3)c2)n1.[H-].[Li+]. The van der Waals surface area contributed by atoms with Crippen LogP contribution in [-0.4, -0.2) is 30.6 Å². The van der Waals surface area contributed by atoms with Gasteiger partial charge in [0.1, 0.15) is 5.82 Å². The fraction of sp³-hybridized carbons (Fsp3) is 0.167. The topological polar surface area (TPSA) is 116 Å². The number of aromatic carboxylic acids is 1. The molecule has 8 nitrogen and oxygen atoms in total. The average Bonchev–Trinajstić information content (AvgIpc) is 3.11. The van der Waals surface area contributed by atoms with E-state index >= 15 is 0 Å². The van der Waals surface area contributed by atoms with Crippen LogP contribution in [0, 0.1) is 6.92 Å². The zero-order valence-corrected chi connectivity index (χ0v) is 18.6. The van der Waals surface area contributed by atoms with Crippen molar-refractivity contribution in [3.8, 4) is 11.3 Å². The van der Waals surface area contributed by atoms with Crippen LogP contribution in [0.1, 0.15) is 28.6 Å². The summed E-state index contributed by atoms with van der Waals surface area (Å²) in [6, 6.07) is 19.5. The molecule has 0 unspecified atom stereocenters. The summed E-state index contributed by atoms with van der Waals surface area (Å²) in [5.41, 5.74) is 10.1. The monoisotopic (exact) mass is 437 g/mol. The Balaban J connectivity index is 0.00000204. The third-order valence-corrected chi connectivity index (χ3v) is 5.14. The number of rotatable bonds is 7. The summed E-state index contributed by atoms with van der Waals surface area (Å²) in [7, 11) is 0. The molecular weight excluding hydrogens is 413 g/mol. The molecule has 3 N–H and O–H groups in total. The van der Waals surface area contributed by atoms with Crippen LogP contribution in [0.3, 0.4) is 0 Å². The maximum Gasteiger partial charge on any atom is 1.00 e. The van der Waals surface area contributed by atoms with E-state index in [-0.39, 0.29) is 38.0 Å². The Morgan fingerprint density at radius 1 is 1.00 bits per heavy atom. The van der Waals surface area contributed by atoms with Gasteiger partial charge < -0.3 is 12.3 Å². The summed E-state index contributed by atoms with van der Waals surface area (Å²) in [5.74, 6) is -0.371. The number of anilines is 1. The third-order valence-electron chi connectivity index (χ3n) is 5.14. The van der Waals surface area contributed by atoms with Crippen molar-refractivity contribution in [2.75, 3.05) is 5.73 Å². The van der Waals surface area contributed by atoms with Crippen molar-refractivity contribution in [1.82, 2.24) is 19.6 Å². The van der Waals surface area contributed by atoms with Crippen molar-refractivity contribution in [2.24, 2.45) is 0 Å². The normalized spacial score (nSPS) is 10.6. The number of hydrogen-bond acceptors (Lipinski definition) is 5. The minimum Gasteiger partial charge on any atom is -1.00 e. The predicted molar refractivity (Wildman–Crippen MR) is 123 cm³/mol. The van der Waals surface area contributed by atoms with E-state index < -0.39 is 5.97 Å². The summed E-state index contributed by atoms with van der Waals surface area (Å²) in [4.78, 5) is 23.6. The van der Waals surface area contributed by atoms with Crippen molar-refractivity contribution < 1.29 is 30.2 Å². The van der Waals surface area contributed by atoms with Gasteiger partial charge in [-0.15, -0.1) is 0 Å². The molecule has 0 saturated carbocycles. The summed E-state index contributed by atoms with van der Waals surface area (Å²) in [5, 5.41) is 18.1. The van der Waals surface area contributed by atoms with Crippen LogP contribution in [0.15, 0.2) is 71.5 Å². The molecule has 0 saturated heterocycles. The summed E-state index contributed by atoms with van der Waals surface area (Å²) in [6.07, 6.45) is 0.751. The van der Waals surface area contributed by atoms with Crippen molar-refractivity contribution in [1.29, 1.82) is 0 Å². The molecule has 0 aliphatic heterocycles. The van der Waals surface area contributed by atoms with Gasteiger partial charge in [0.15, 0.2) is 0 Å². The van der Waals surface area contributed by atoms with Crippen LogP contribution in [0.4, 0.5) is 5.82 Å². The van der Waals surface area contributed by atoms with Crippen LogP contribution in [-0.2, 0) is 19.5 Å². The van der Waals surface area contributed by atoms with Crippen molar-refractivity contribution in [3.05, 3.63) is 99.5 Å². The first kappa shape index (κ1) is 24.0.